The molecule has 0 saturated heterocycles. The minimum absolute atomic E-state index is 0.0736. The zero-order valence-electron chi connectivity index (χ0n) is 8.48. The Morgan fingerprint density at radius 1 is 1.29 bits per heavy atom. The van der Waals surface area contributed by atoms with Gasteiger partial charge in [0.15, 0.2) is 0 Å². The Balaban J connectivity index is 1.87. The van der Waals surface area contributed by atoms with Crippen LogP contribution in [0.25, 0.3) is 0 Å². The predicted octanol–water partition coefficient (Wildman–Crippen LogP) is 1.86. The van der Waals surface area contributed by atoms with E-state index in [-0.39, 0.29) is 6.10 Å². The number of aliphatic hydroxyl groups is 1. The molecule has 1 aliphatic carbocycles. The molecule has 76 valence electrons. The first-order valence-corrected chi connectivity index (χ1v) is 5.25. The minimum Gasteiger partial charge on any atom is -0.393 e. The van der Waals surface area contributed by atoms with Crippen LogP contribution in [0.3, 0.4) is 0 Å². The summed E-state index contributed by atoms with van der Waals surface area (Å²) in [4.78, 5) is 0. The number of hydrogen-bond acceptors (Lipinski definition) is 2. The summed E-state index contributed by atoms with van der Waals surface area (Å²) >= 11 is 0. The Hall–Kier alpha value is -0.860. The second-order valence-electron chi connectivity index (χ2n) is 4.12. The van der Waals surface area contributed by atoms with E-state index in [1.54, 1.807) is 0 Å². The van der Waals surface area contributed by atoms with Crippen LogP contribution in [0.4, 0.5) is 0 Å². The predicted molar refractivity (Wildman–Crippen MR) is 57.0 cm³/mol. The first-order valence-electron chi connectivity index (χ1n) is 5.25. The summed E-state index contributed by atoms with van der Waals surface area (Å²) in [6.07, 6.45) is 1.73. The molecule has 1 aromatic rings. The Morgan fingerprint density at radius 3 is 2.50 bits per heavy atom. The van der Waals surface area contributed by atoms with E-state index < -0.39 is 0 Å². The summed E-state index contributed by atoms with van der Waals surface area (Å²) in [7, 11) is 0. The van der Waals surface area contributed by atoms with Gasteiger partial charge in [0.05, 0.1) is 6.10 Å². The van der Waals surface area contributed by atoms with E-state index in [1.165, 1.54) is 5.56 Å². The summed E-state index contributed by atoms with van der Waals surface area (Å²) < 4.78 is 0. The van der Waals surface area contributed by atoms with Gasteiger partial charge >= 0.3 is 0 Å². The molecule has 1 fully saturated rings. The zero-order chi connectivity index (χ0) is 9.97. The van der Waals surface area contributed by atoms with Crippen molar-refractivity contribution in [2.45, 2.75) is 38.0 Å². The Morgan fingerprint density at radius 2 is 1.93 bits per heavy atom. The van der Waals surface area contributed by atoms with Crippen molar-refractivity contribution < 1.29 is 5.11 Å². The fraction of sp³-hybridized carbons (Fsp3) is 0.500. The molecule has 1 saturated carbocycles. The highest BCUT2D eigenvalue weighted by molar-refractivity contribution is 5.18. The van der Waals surface area contributed by atoms with Gasteiger partial charge in [-0.05, 0) is 25.3 Å². The molecule has 0 aromatic heterocycles. The van der Waals surface area contributed by atoms with E-state index in [0.717, 1.165) is 12.8 Å². The summed E-state index contributed by atoms with van der Waals surface area (Å²) in [6, 6.07) is 11.3. The van der Waals surface area contributed by atoms with Gasteiger partial charge in [0, 0.05) is 12.1 Å². The van der Waals surface area contributed by atoms with E-state index in [9.17, 15) is 0 Å². The molecule has 2 rings (SSSR count). The number of nitrogens with one attached hydrogen (secondary N) is 1. The van der Waals surface area contributed by atoms with Crippen molar-refractivity contribution in [1.82, 2.24) is 5.32 Å². The molecular weight excluding hydrogens is 174 g/mol. The highest BCUT2D eigenvalue weighted by Crippen LogP contribution is 2.23. The number of rotatable bonds is 3. The summed E-state index contributed by atoms with van der Waals surface area (Å²) in [6.45, 7) is 2.17. The van der Waals surface area contributed by atoms with Crippen LogP contribution in [0.1, 0.15) is 31.4 Å². The lowest BCUT2D eigenvalue weighted by atomic mass is 9.88. The molecule has 0 aliphatic heterocycles. The molecule has 0 amide bonds. The van der Waals surface area contributed by atoms with Crippen LogP contribution in [0.15, 0.2) is 30.3 Å². The third kappa shape index (κ3) is 2.14. The van der Waals surface area contributed by atoms with Crippen LogP contribution in [0, 0.1) is 0 Å². The van der Waals surface area contributed by atoms with Gasteiger partial charge in [-0.15, -0.1) is 0 Å². The number of benzene rings is 1. The van der Waals surface area contributed by atoms with E-state index in [4.69, 9.17) is 5.11 Å². The van der Waals surface area contributed by atoms with Crippen LogP contribution >= 0.6 is 0 Å². The molecule has 1 unspecified atom stereocenters. The van der Waals surface area contributed by atoms with Gasteiger partial charge < -0.3 is 10.4 Å². The molecule has 1 aromatic carbocycles. The van der Waals surface area contributed by atoms with Crippen molar-refractivity contribution in [1.29, 1.82) is 0 Å². The van der Waals surface area contributed by atoms with Crippen LogP contribution in [0.5, 0.6) is 0 Å². The third-order valence-corrected chi connectivity index (χ3v) is 2.90. The second kappa shape index (κ2) is 4.11. The Labute approximate surface area is 85.0 Å². The van der Waals surface area contributed by atoms with E-state index in [1.807, 2.05) is 6.07 Å². The molecule has 0 heterocycles. The Bertz CT molecular complexity index is 280. The maximum absolute atomic E-state index is 9.16. The highest BCUT2D eigenvalue weighted by atomic mass is 16.3. The van der Waals surface area contributed by atoms with Crippen molar-refractivity contribution in [3.8, 4) is 0 Å². The topological polar surface area (TPSA) is 32.3 Å². The van der Waals surface area contributed by atoms with Gasteiger partial charge in [0.25, 0.3) is 0 Å². The van der Waals surface area contributed by atoms with Gasteiger partial charge in [-0.3, -0.25) is 0 Å². The van der Waals surface area contributed by atoms with Gasteiger partial charge in [0.2, 0.25) is 0 Å². The van der Waals surface area contributed by atoms with Crippen molar-refractivity contribution in [2.75, 3.05) is 0 Å². The molecule has 1 atom stereocenters. The van der Waals surface area contributed by atoms with E-state index >= 15 is 0 Å². The third-order valence-electron chi connectivity index (χ3n) is 2.90. The molecular formula is C12H17NO. The standard InChI is InChI=1S/C12H17NO/c1-9(10-5-3-2-4-6-10)13-11-7-12(14)8-11/h2-6,9,11-14H,7-8H2,1H3. The first kappa shape index (κ1) is 9.69. The number of hydrogen-bond donors (Lipinski definition) is 2. The Kier molecular flexibility index (Phi) is 2.85. The van der Waals surface area contributed by atoms with Gasteiger partial charge in [0.1, 0.15) is 0 Å². The number of aliphatic hydroxyl groups excluding tert-OH is 1. The summed E-state index contributed by atoms with van der Waals surface area (Å²) in [5.74, 6) is 0. The zero-order valence-corrected chi connectivity index (χ0v) is 8.48. The smallest absolute Gasteiger partial charge is 0.0570 e. The SMILES string of the molecule is CC(NC1CC(O)C1)c1ccccc1. The van der Waals surface area contributed by atoms with E-state index in [2.05, 4.69) is 36.5 Å². The minimum atomic E-state index is -0.0736. The molecule has 2 N–H and O–H groups in total. The quantitative estimate of drug-likeness (QED) is 0.764. The fourth-order valence-electron chi connectivity index (χ4n) is 1.92. The van der Waals surface area contributed by atoms with Gasteiger partial charge in [-0.1, -0.05) is 30.3 Å². The maximum Gasteiger partial charge on any atom is 0.0570 e. The lowest BCUT2D eigenvalue weighted by Crippen LogP contribution is -2.44. The molecule has 2 heteroatoms. The highest BCUT2D eigenvalue weighted by Gasteiger charge is 2.27. The average molecular weight is 191 g/mol. The van der Waals surface area contributed by atoms with Crippen molar-refractivity contribution in [3.05, 3.63) is 35.9 Å². The molecule has 1 aliphatic rings. The maximum atomic E-state index is 9.16. The largest absolute Gasteiger partial charge is 0.393 e. The monoisotopic (exact) mass is 191 g/mol. The molecule has 0 radical (unpaired) electrons. The summed E-state index contributed by atoms with van der Waals surface area (Å²) in [5.41, 5.74) is 1.31. The van der Waals surface area contributed by atoms with E-state index in [0.29, 0.717) is 12.1 Å². The summed E-state index contributed by atoms with van der Waals surface area (Å²) in [5, 5.41) is 12.7. The van der Waals surface area contributed by atoms with Gasteiger partial charge in [-0.25, -0.2) is 0 Å². The van der Waals surface area contributed by atoms with Crippen LogP contribution in [-0.2, 0) is 0 Å². The van der Waals surface area contributed by atoms with Crippen LogP contribution in [-0.4, -0.2) is 17.3 Å². The molecule has 0 bridgehead atoms. The van der Waals surface area contributed by atoms with Crippen LogP contribution < -0.4 is 5.32 Å². The van der Waals surface area contributed by atoms with Crippen LogP contribution in [0.2, 0.25) is 0 Å². The first-order chi connectivity index (χ1) is 6.75. The molecule has 0 spiro atoms. The molecule has 14 heavy (non-hydrogen) atoms. The van der Waals surface area contributed by atoms with Gasteiger partial charge in [-0.2, -0.15) is 0 Å². The van der Waals surface area contributed by atoms with Crippen molar-refractivity contribution >= 4 is 0 Å². The average Bonchev–Trinajstić information content (AvgIpc) is 2.17. The van der Waals surface area contributed by atoms with Crippen molar-refractivity contribution in [2.24, 2.45) is 0 Å². The fourth-order valence-corrected chi connectivity index (χ4v) is 1.92. The normalized spacial score (nSPS) is 28.1. The second-order valence-corrected chi connectivity index (χ2v) is 4.12. The lowest BCUT2D eigenvalue weighted by molar-refractivity contribution is 0.0586. The molecule has 2 nitrogen and oxygen atoms in total. The van der Waals surface area contributed by atoms with Crippen molar-refractivity contribution in [3.63, 3.8) is 0 Å². The lowest BCUT2D eigenvalue weighted by Gasteiger charge is -2.34.